The number of benzene rings is 2. The minimum absolute atomic E-state index is 0.215. The lowest BCUT2D eigenvalue weighted by atomic mass is 10.1. The SMILES string of the molecule is O=C(CN1CCN(Cc2nc(-c3ccccc3)c3ccccc3n2)CC1)N1CCOCC1. The van der Waals surface area contributed by atoms with Crippen LogP contribution in [0, 0.1) is 0 Å². The Morgan fingerprint density at radius 2 is 1.50 bits per heavy atom. The zero-order chi connectivity index (χ0) is 21.8. The lowest BCUT2D eigenvalue weighted by Gasteiger charge is -2.35. The van der Waals surface area contributed by atoms with Gasteiger partial charge in [0, 0.05) is 50.2 Å². The topological polar surface area (TPSA) is 61.8 Å². The summed E-state index contributed by atoms with van der Waals surface area (Å²) in [6, 6.07) is 18.5. The molecule has 2 aliphatic rings. The molecule has 0 atom stereocenters. The van der Waals surface area contributed by atoms with Gasteiger partial charge in [-0.2, -0.15) is 0 Å². The van der Waals surface area contributed by atoms with E-state index in [1.54, 1.807) is 0 Å². The Balaban J connectivity index is 1.24. The van der Waals surface area contributed by atoms with Gasteiger partial charge in [-0.3, -0.25) is 14.6 Å². The first-order chi connectivity index (χ1) is 15.8. The molecule has 5 rings (SSSR count). The predicted octanol–water partition coefficient (Wildman–Crippen LogP) is 2.27. The van der Waals surface area contributed by atoms with Crippen molar-refractivity contribution >= 4 is 16.8 Å². The van der Waals surface area contributed by atoms with E-state index >= 15 is 0 Å². The molecule has 2 aromatic carbocycles. The van der Waals surface area contributed by atoms with Crippen molar-refractivity contribution in [2.24, 2.45) is 0 Å². The Hall–Kier alpha value is -2.87. The number of carbonyl (C=O) groups is 1. The second-order valence-electron chi connectivity index (χ2n) is 8.42. The van der Waals surface area contributed by atoms with E-state index in [-0.39, 0.29) is 5.91 Å². The van der Waals surface area contributed by atoms with Crippen LogP contribution in [0.4, 0.5) is 0 Å². The molecule has 3 aromatic rings. The van der Waals surface area contributed by atoms with Crippen LogP contribution in [0.1, 0.15) is 5.82 Å². The van der Waals surface area contributed by atoms with Gasteiger partial charge in [0.1, 0.15) is 5.82 Å². The van der Waals surface area contributed by atoms with E-state index in [0.29, 0.717) is 32.8 Å². The van der Waals surface area contributed by atoms with Gasteiger partial charge in [0.25, 0.3) is 0 Å². The minimum Gasteiger partial charge on any atom is -0.378 e. The van der Waals surface area contributed by atoms with Crippen molar-refractivity contribution in [1.82, 2.24) is 24.7 Å². The van der Waals surface area contributed by atoms with Crippen molar-refractivity contribution in [2.75, 3.05) is 59.0 Å². The monoisotopic (exact) mass is 431 g/mol. The Morgan fingerprint density at radius 3 is 2.28 bits per heavy atom. The Kier molecular flexibility index (Phi) is 6.39. The van der Waals surface area contributed by atoms with Gasteiger partial charge in [-0.15, -0.1) is 0 Å². The van der Waals surface area contributed by atoms with Crippen LogP contribution in [-0.4, -0.2) is 89.6 Å². The van der Waals surface area contributed by atoms with Crippen molar-refractivity contribution in [3.63, 3.8) is 0 Å². The molecule has 2 aliphatic heterocycles. The van der Waals surface area contributed by atoms with Crippen molar-refractivity contribution in [2.45, 2.75) is 6.54 Å². The maximum absolute atomic E-state index is 12.5. The van der Waals surface area contributed by atoms with Crippen molar-refractivity contribution in [3.8, 4) is 11.3 Å². The summed E-state index contributed by atoms with van der Waals surface area (Å²) >= 11 is 0. The normalized spacial score (nSPS) is 18.2. The number of morpholine rings is 1. The average molecular weight is 432 g/mol. The number of hydrogen-bond donors (Lipinski definition) is 0. The van der Waals surface area contributed by atoms with Crippen molar-refractivity contribution < 1.29 is 9.53 Å². The van der Waals surface area contributed by atoms with E-state index in [2.05, 4.69) is 34.1 Å². The quantitative estimate of drug-likeness (QED) is 0.618. The molecule has 7 heteroatoms. The van der Waals surface area contributed by atoms with Crippen LogP contribution in [0.25, 0.3) is 22.2 Å². The van der Waals surface area contributed by atoms with Gasteiger partial charge >= 0.3 is 0 Å². The molecule has 0 spiro atoms. The fourth-order valence-corrected chi connectivity index (χ4v) is 4.42. The molecule has 0 saturated carbocycles. The molecule has 3 heterocycles. The number of rotatable bonds is 5. The maximum atomic E-state index is 12.5. The van der Waals surface area contributed by atoms with E-state index < -0.39 is 0 Å². The summed E-state index contributed by atoms with van der Waals surface area (Å²) in [6.07, 6.45) is 0. The molecule has 1 aromatic heterocycles. The molecule has 0 radical (unpaired) electrons. The first-order valence-corrected chi connectivity index (χ1v) is 11.4. The molecule has 1 amide bonds. The van der Waals surface area contributed by atoms with Crippen molar-refractivity contribution in [1.29, 1.82) is 0 Å². The summed E-state index contributed by atoms with van der Waals surface area (Å²) in [5.74, 6) is 1.06. The van der Waals surface area contributed by atoms with Crippen LogP contribution in [0.15, 0.2) is 54.6 Å². The zero-order valence-corrected chi connectivity index (χ0v) is 18.3. The molecule has 0 aliphatic carbocycles. The number of aromatic nitrogens is 2. The van der Waals surface area contributed by atoms with Gasteiger partial charge in [0.05, 0.1) is 37.5 Å². The zero-order valence-electron chi connectivity index (χ0n) is 18.3. The largest absolute Gasteiger partial charge is 0.378 e. The number of ether oxygens (including phenoxy) is 1. The van der Waals surface area contributed by atoms with E-state index in [0.717, 1.165) is 60.7 Å². The van der Waals surface area contributed by atoms with Gasteiger partial charge in [0.2, 0.25) is 5.91 Å². The fourth-order valence-electron chi connectivity index (χ4n) is 4.42. The van der Waals surface area contributed by atoms with Gasteiger partial charge in [-0.1, -0.05) is 48.5 Å². The number of piperazine rings is 1. The molecule has 0 unspecified atom stereocenters. The fraction of sp³-hybridized carbons (Fsp3) is 0.400. The third kappa shape index (κ3) is 4.80. The summed E-state index contributed by atoms with van der Waals surface area (Å²) in [5, 5.41) is 1.08. The average Bonchev–Trinajstić information content (AvgIpc) is 2.86. The second kappa shape index (κ2) is 9.73. The number of carbonyl (C=O) groups excluding carboxylic acids is 1. The first-order valence-electron chi connectivity index (χ1n) is 11.4. The van der Waals surface area contributed by atoms with Crippen molar-refractivity contribution in [3.05, 3.63) is 60.4 Å². The Morgan fingerprint density at radius 1 is 0.812 bits per heavy atom. The third-order valence-corrected chi connectivity index (χ3v) is 6.25. The Bertz CT molecular complexity index is 1060. The van der Waals surface area contributed by atoms with E-state index in [9.17, 15) is 4.79 Å². The lowest BCUT2D eigenvalue weighted by molar-refractivity contribution is -0.136. The number of hydrogen-bond acceptors (Lipinski definition) is 6. The van der Waals surface area contributed by atoms with Gasteiger partial charge in [-0.25, -0.2) is 9.97 Å². The Labute approximate surface area is 188 Å². The number of para-hydroxylation sites is 1. The highest BCUT2D eigenvalue weighted by Crippen LogP contribution is 2.26. The standard InChI is InChI=1S/C25H29N5O2/c31-24(30-14-16-32-17-15-30)19-29-12-10-28(11-13-29)18-23-26-22-9-5-4-8-21(22)25(27-23)20-6-2-1-3-7-20/h1-9H,10-19H2. The molecule has 0 bridgehead atoms. The molecule has 0 N–H and O–H groups in total. The van der Waals surface area contributed by atoms with Crippen LogP contribution < -0.4 is 0 Å². The summed E-state index contributed by atoms with van der Waals surface area (Å²) < 4.78 is 5.35. The lowest BCUT2D eigenvalue weighted by Crippen LogP contribution is -2.51. The summed E-state index contributed by atoms with van der Waals surface area (Å²) in [6.45, 7) is 7.52. The van der Waals surface area contributed by atoms with Crippen LogP contribution >= 0.6 is 0 Å². The molecule has 32 heavy (non-hydrogen) atoms. The molecule has 2 fully saturated rings. The number of fused-ring (bicyclic) bond motifs is 1. The van der Waals surface area contributed by atoms with E-state index in [1.165, 1.54) is 0 Å². The van der Waals surface area contributed by atoms with Crippen LogP contribution in [-0.2, 0) is 16.1 Å². The van der Waals surface area contributed by atoms with E-state index in [1.807, 2.05) is 35.2 Å². The van der Waals surface area contributed by atoms with Gasteiger partial charge in [0.15, 0.2) is 0 Å². The smallest absolute Gasteiger partial charge is 0.236 e. The molecule has 2 saturated heterocycles. The van der Waals surface area contributed by atoms with E-state index in [4.69, 9.17) is 14.7 Å². The highest BCUT2D eigenvalue weighted by molar-refractivity contribution is 5.92. The maximum Gasteiger partial charge on any atom is 0.236 e. The summed E-state index contributed by atoms with van der Waals surface area (Å²) in [7, 11) is 0. The predicted molar refractivity (Wildman–Crippen MR) is 124 cm³/mol. The highest BCUT2D eigenvalue weighted by atomic mass is 16.5. The molecule has 7 nitrogen and oxygen atoms in total. The van der Waals surface area contributed by atoms with Crippen LogP contribution in [0.2, 0.25) is 0 Å². The number of amides is 1. The summed E-state index contributed by atoms with van der Waals surface area (Å²) in [5.41, 5.74) is 3.07. The minimum atomic E-state index is 0.215. The van der Waals surface area contributed by atoms with Crippen LogP contribution in [0.3, 0.4) is 0 Å². The third-order valence-electron chi connectivity index (χ3n) is 6.25. The molecular formula is C25H29N5O2. The number of nitrogens with zero attached hydrogens (tertiary/aromatic N) is 5. The highest BCUT2D eigenvalue weighted by Gasteiger charge is 2.23. The molecule has 166 valence electrons. The van der Waals surface area contributed by atoms with Gasteiger partial charge < -0.3 is 9.64 Å². The van der Waals surface area contributed by atoms with Crippen LogP contribution in [0.5, 0.6) is 0 Å². The second-order valence-corrected chi connectivity index (χ2v) is 8.42. The summed E-state index contributed by atoms with van der Waals surface area (Å²) in [4.78, 5) is 28.9. The first kappa shape index (κ1) is 21.0. The van der Waals surface area contributed by atoms with Gasteiger partial charge in [-0.05, 0) is 6.07 Å². The molecular weight excluding hydrogens is 402 g/mol.